The average molecular weight is 314 g/mol. The summed E-state index contributed by atoms with van der Waals surface area (Å²) in [6.45, 7) is 2.89. The zero-order chi connectivity index (χ0) is 16.1. The van der Waals surface area contributed by atoms with Gasteiger partial charge in [0.2, 0.25) is 0 Å². The second-order valence-corrected chi connectivity index (χ2v) is 6.05. The number of hydrogen-bond acceptors (Lipinski definition) is 4. The third-order valence-electron chi connectivity index (χ3n) is 4.31. The van der Waals surface area contributed by atoms with Gasteiger partial charge in [0.1, 0.15) is 5.82 Å². The van der Waals surface area contributed by atoms with Gasteiger partial charge in [-0.1, -0.05) is 0 Å². The molecule has 1 fully saturated rings. The van der Waals surface area contributed by atoms with E-state index in [1.54, 1.807) is 18.5 Å². The van der Waals surface area contributed by atoms with Crippen LogP contribution in [0.25, 0.3) is 0 Å². The van der Waals surface area contributed by atoms with E-state index in [0.29, 0.717) is 6.04 Å². The van der Waals surface area contributed by atoms with Gasteiger partial charge < -0.3 is 10.6 Å². The normalized spacial score (nSPS) is 16.4. The highest BCUT2D eigenvalue weighted by Crippen LogP contribution is 2.21. The van der Waals surface area contributed by atoms with Gasteiger partial charge >= 0.3 is 0 Å². The molecule has 1 saturated heterocycles. The number of nitrogens with zero attached hydrogens (tertiary/aromatic N) is 2. The van der Waals surface area contributed by atoms with Gasteiger partial charge in [0, 0.05) is 24.5 Å². The van der Waals surface area contributed by atoms with Crippen LogP contribution in [0.3, 0.4) is 0 Å². The first-order valence-electron chi connectivity index (χ1n) is 8.09. The van der Waals surface area contributed by atoms with Crippen molar-refractivity contribution in [1.29, 1.82) is 0 Å². The minimum atomic E-state index is -0.209. The minimum Gasteiger partial charge on any atom is -0.354 e. The van der Waals surface area contributed by atoms with Crippen LogP contribution in [0, 0.1) is 5.82 Å². The molecule has 0 amide bonds. The second-order valence-electron chi connectivity index (χ2n) is 6.05. The number of nitrogens with one attached hydrogen (secondary N) is 2. The number of anilines is 2. The molecule has 0 atom stereocenters. The molecule has 1 aromatic heterocycles. The summed E-state index contributed by atoms with van der Waals surface area (Å²) in [5.41, 5.74) is 2.62. The topological polar surface area (TPSA) is 40.2 Å². The maximum absolute atomic E-state index is 13.9. The molecule has 0 bridgehead atoms. The number of benzene rings is 1. The molecule has 0 saturated carbocycles. The van der Waals surface area contributed by atoms with E-state index >= 15 is 0 Å². The van der Waals surface area contributed by atoms with Crippen LogP contribution in [0.15, 0.2) is 42.7 Å². The van der Waals surface area contributed by atoms with Gasteiger partial charge in [0.05, 0.1) is 11.9 Å². The molecule has 1 aliphatic heterocycles. The van der Waals surface area contributed by atoms with Crippen molar-refractivity contribution in [2.45, 2.75) is 25.4 Å². The minimum absolute atomic E-state index is 0.209. The Balaban J connectivity index is 1.66. The number of rotatable bonds is 5. The number of likely N-dealkylation sites (tertiary alicyclic amines) is 1. The summed E-state index contributed by atoms with van der Waals surface area (Å²) in [4.78, 5) is 6.45. The molecule has 1 aliphatic rings. The van der Waals surface area contributed by atoms with Crippen LogP contribution >= 0.6 is 0 Å². The molecule has 0 aliphatic carbocycles. The standard InChI is InChI=1S/C18H23FN4/c1-20-16-4-7-23(8-5-16)13-14-9-15(19)11-18(10-14)22-17-3-2-6-21-12-17/h2-3,6,9-12,16,20,22H,4-5,7-8,13H2,1H3. The first kappa shape index (κ1) is 15.9. The van der Waals surface area contributed by atoms with Crippen molar-refractivity contribution < 1.29 is 4.39 Å². The molecule has 0 spiro atoms. The highest BCUT2D eigenvalue weighted by molar-refractivity contribution is 5.59. The third kappa shape index (κ3) is 4.50. The van der Waals surface area contributed by atoms with Crippen molar-refractivity contribution in [3.63, 3.8) is 0 Å². The Bertz CT molecular complexity index is 624. The molecular formula is C18H23FN4. The molecule has 2 aromatic rings. The summed E-state index contributed by atoms with van der Waals surface area (Å²) in [5.74, 6) is -0.209. The van der Waals surface area contributed by atoms with Crippen molar-refractivity contribution in [3.8, 4) is 0 Å². The smallest absolute Gasteiger partial charge is 0.125 e. The van der Waals surface area contributed by atoms with Crippen LogP contribution < -0.4 is 10.6 Å². The lowest BCUT2D eigenvalue weighted by Crippen LogP contribution is -2.40. The zero-order valence-corrected chi connectivity index (χ0v) is 13.4. The molecular weight excluding hydrogens is 291 g/mol. The predicted octanol–water partition coefficient (Wildman–Crippen LogP) is 3.15. The molecule has 0 radical (unpaired) electrons. The van der Waals surface area contributed by atoms with Crippen molar-refractivity contribution in [3.05, 3.63) is 54.1 Å². The van der Waals surface area contributed by atoms with Crippen LogP contribution in [0.1, 0.15) is 18.4 Å². The van der Waals surface area contributed by atoms with E-state index in [9.17, 15) is 4.39 Å². The first-order valence-corrected chi connectivity index (χ1v) is 8.09. The summed E-state index contributed by atoms with van der Waals surface area (Å²) in [5, 5.41) is 6.54. The summed E-state index contributed by atoms with van der Waals surface area (Å²) in [7, 11) is 2.02. The van der Waals surface area contributed by atoms with Crippen LogP contribution in [-0.4, -0.2) is 36.1 Å². The van der Waals surface area contributed by atoms with E-state index in [1.165, 1.54) is 6.07 Å². The van der Waals surface area contributed by atoms with E-state index in [4.69, 9.17) is 0 Å². The highest BCUT2D eigenvalue weighted by Gasteiger charge is 2.18. The van der Waals surface area contributed by atoms with Crippen molar-refractivity contribution in [2.24, 2.45) is 0 Å². The van der Waals surface area contributed by atoms with Crippen molar-refractivity contribution in [1.82, 2.24) is 15.2 Å². The van der Waals surface area contributed by atoms with Gasteiger partial charge in [0.25, 0.3) is 0 Å². The Kier molecular flexibility index (Phi) is 5.20. The maximum atomic E-state index is 13.9. The lowest BCUT2D eigenvalue weighted by Gasteiger charge is -2.31. The van der Waals surface area contributed by atoms with E-state index in [2.05, 4.69) is 20.5 Å². The van der Waals surface area contributed by atoms with Gasteiger partial charge in [-0.15, -0.1) is 0 Å². The molecule has 5 heteroatoms. The lowest BCUT2D eigenvalue weighted by atomic mass is 10.0. The van der Waals surface area contributed by atoms with E-state index in [-0.39, 0.29) is 5.82 Å². The second kappa shape index (κ2) is 7.53. The molecule has 0 unspecified atom stereocenters. The Labute approximate surface area is 136 Å². The fourth-order valence-corrected chi connectivity index (χ4v) is 3.06. The quantitative estimate of drug-likeness (QED) is 0.889. The Morgan fingerprint density at radius 3 is 2.74 bits per heavy atom. The molecule has 2 N–H and O–H groups in total. The summed E-state index contributed by atoms with van der Waals surface area (Å²) in [6, 6.07) is 9.54. The Morgan fingerprint density at radius 2 is 2.04 bits per heavy atom. The predicted molar refractivity (Wildman–Crippen MR) is 91.3 cm³/mol. The molecule has 23 heavy (non-hydrogen) atoms. The third-order valence-corrected chi connectivity index (χ3v) is 4.31. The monoisotopic (exact) mass is 314 g/mol. The van der Waals surface area contributed by atoms with Gasteiger partial charge in [-0.05, 0) is 68.9 Å². The summed E-state index contributed by atoms with van der Waals surface area (Å²) in [6.07, 6.45) is 5.74. The Morgan fingerprint density at radius 1 is 1.22 bits per heavy atom. The number of halogens is 1. The van der Waals surface area contributed by atoms with E-state index < -0.39 is 0 Å². The SMILES string of the molecule is CNC1CCN(Cc2cc(F)cc(Nc3cccnc3)c2)CC1. The van der Waals surface area contributed by atoms with E-state index in [0.717, 1.165) is 49.4 Å². The van der Waals surface area contributed by atoms with Crippen LogP contribution in [0.5, 0.6) is 0 Å². The number of hydrogen-bond donors (Lipinski definition) is 2. The summed E-state index contributed by atoms with van der Waals surface area (Å²) >= 11 is 0. The molecule has 122 valence electrons. The lowest BCUT2D eigenvalue weighted by molar-refractivity contribution is 0.194. The fourth-order valence-electron chi connectivity index (χ4n) is 3.06. The van der Waals surface area contributed by atoms with Gasteiger partial charge in [0.15, 0.2) is 0 Å². The van der Waals surface area contributed by atoms with E-state index in [1.807, 2.05) is 25.2 Å². The zero-order valence-electron chi connectivity index (χ0n) is 13.4. The first-order chi connectivity index (χ1) is 11.2. The molecule has 4 nitrogen and oxygen atoms in total. The average Bonchev–Trinajstić information content (AvgIpc) is 2.56. The van der Waals surface area contributed by atoms with Crippen LogP contribution in [0.4, 0.5) is 15.8 Å². The summed E-state index contributed by atoms with van der Waals surface area (Å²) < 4.78 is 13.9. The number of piperidine rings is 1. The van der Waals surface area contributed by atoms with Crippen molar-refractivity contribution >= 4 is 11.4 Å². The van der Waals surface area contributed by atoms with Crippen LogP contribution in [-0.2, 0) is 6.54 Å². The molecule has 1 aromatic carbocycles. The van der Waals surface area contributed by atoms with Crippen molar-refractivity contribution in [2.75, 3.05) is 25.5 Å². The highest BCUT2D eigenvalue weighted by atomic mass is 19.1. The largest absolute Gasteiger partial charge is 0.354 e. The maximum Gasteiger partial charge on any atom is 0.125 e. The Hall–Kier alpha value is -1.98. The molecule has 2 heterocycles. The van der Waals surface area contributed by atoms with Gasteiger partial charge in [-0.25, -0.2) is 4.39 Å². The van der Waals surface area contributed by atoms with Gasteiger partial charge in [-0.3, -0.25) is 9.88 Å². The number of pyridine rings is 1. The van der Waals surface area contributed by atoms with Gasteiger partial charge in [-0.2, -0.15) is 0 Å². The fraction of sp³-hybridized carbons (Fsp3) is 0.389. The molecule has 3 rings (SSSR count). The number of aromatic nitrogens is 1. The van der Waals surface area contributed by atoms with Crippen LogP contribution in [0.2, 0.25) is 0 Å².